The van der Waals surface area contributed by atoms with Gasteiger partial charge in [0, 0.05) is 0 Å². The minimum Gasteiger partial charge on any atom is -0.502 e. The smallest absolute Gasteiger partial charge is 0.491 e. The van der Waals surface area contributed by atoms with Gasteiger partial charge in [0.05, 0.1) is 0 Å². The summed E-state index contributed by atoms with van der Waals surface area (Å²) in [6.45, 7) is 0. The molecule has 0 bridgehead atoms. The molecular formula is C6H3F3O5. The van der Waals surface area contributed by atoms with Crippen molar-refractivity contribution in [2.45, 2.75) is 6.18 Å². The van der Waals surface area contributed by atoms with Gasteiger partial charge in [0.2, 0.25) is 11.5 Å². The molecule has 8 heteroatoms. The number of halogens is 3. The van der Waals surface area contributed by atoms with Crippen LogP contribution in [0.2, 0.25) is 0 Å². The van der Waals surface area contributed by atoms with Crippen molar-refractivity contribution in [2.24, 2.45) is 0 Å². The van der Waals surface area contributed by atoms with E-state index in [1.807, 2.05) is 0 Å². The van der Waals surface area contributed by atoms with E-state index in [4.69, 9.17) is 10.2 Å². The van der Waals surface area contributed by atoms with Crippen LogP contribution in [0, 0.1) is 0 Å². The van der Waals surface area contributed by atoms with Crippen LogP contribution in [0.1, 0.15) is 0 Å². The summed E-state index contributed by atoms with van der Waals surface area (Å²) in [4.78, 5) is 10.2. The predicted molar refractivity (Wildman–Crippen MR) is 33.7 cm³/mol. The fourth-order valence-electron chi connectivity index (χ4n) is 0.540. The minimum absolute atomic E-state index is 0.522. The van der Waals surface area contributed by atoms with Crippen molar-refractivity contribution in [3.8, 4) is 17.4 Å². The van der Waals surface area contributed by atoms with Crippen LogP contribution >= 0.6 is 0 Å². The number of hydrogen-bond acceptors (Lipinski definition) is 5. The number of esters is 1. The highest BCUT2D eigenvalue weighted by Crippen LogP contribution is 2.38. The van der Waals surface area contributed by atoms with Crippen molar-refractivity contribution in [2.75, 3.05) is 0 Å². The van der Waals surface area contributed by atoms with Gasteiger partial charge in [0.15, 0.2) is 0 Å². The molecule has 0 unspecified atom stereocenters. The number of carbonyl (C=O) groups is 1. The Kier molecular flexibility index (Phi) is 2.28. The van der Waals surface area contributed by atoms with Gasteiger partial charge in [0.25, 0.3) is 0 Å². The number of ether oxygens (including phenoxy) is 1. The van der Waals surface area contributed by atoms with Crippen LogP contribution in [0.5, 0.6) is 17.4 Å². The Balaban J connectivity index is 2.80. The summed E-state index contributed by atoms with van der Waals surface area (Å²) in [7, 11) is 0. The van der Waals surface area contributed by atoms with Crippen molar-refractivity contribution < 1.29 is 37.3 Å². The molecule has 1 rings (SSSR count). The number of alkyl halides is 3. The molecule has 0 aromatic carbocycles. The molecular weight excluding hydrogens is 209 g/mol. The fourth-order valence-corrected chi connectivity index (χ4v) is 0.540. The monoisotopic (exact) mass is 212 g/mol. The van der Waals surface area contributed by atoms with Gasteiger partial charge in [-0.1, -0.05) is 0 Å². The van der Waals surface area contributed by atoms with Gasteiger partial charge in [0.1, 0.15) is 6.26 Å². The predicted octanol–water partition coefficient (Wildman–Crippen LogP) is 1.16. The summed E-state index contributed by atoms with van der Waals surface area (Å²) in [6.07, 6.45) is -4.68. The van der Waals surface area contributed by atoms with Gasteiger partial charge >= 0.3 is 18.1 Å². The van der Waals surface area contributed by atoms with Gasteiger partial charge in [-0.15, -0.1) is 0 Å². The van der Waals surface area contributed by atoms with Crippen LogP contribution in [0.3, 0.4) is 0 Å². The zero-order valence-corrected chi connectivity index (χ0v) is 6.33. The zero-order valence-electron chi connectivity index (χ0n) is 6.33. The molecule has 0 radical (unpaired) electrons. The second kappa shape index (κ2) is 3.13. The van der Waals surface area contributed by atoms with E-state index >= 15 is 0 Å². The maximum Gasteiger partial charge on any atom is 0.491 e. The standard InChI is InChI=1S/C6H3F3O5/c7-6(8,9)5(12)14-4-3(11)2(10)1-13-4/h1,10-11H. The van der Waals surface area contributed by atoms with Gasteiger partial charge in [-0.25, -0.2) is 4.79 Å². The maximum atomic E-state index is 11.6. The molecule has 78 valence electrons. The topological polar surface area (TPSA) is 79.9 Å². The summed E-state index contributed by atoms with van der Waals surface area (Å²) in [5.41, 5.74) is 0. The Hall–Kier alpha value is -1.86. The SMILES string of the molecule is O=C(Oc1occ(O)c1O)C(F)(F)F. The first-order valence-corrected chi connectivity index (χ1v) is 3.11. The molecule has 1 aromatic heterocycles. The Labute approximate surface area is 74.3 Å². The largest absolute Gasteiger partial charge is 0.502 e. The second-order valence-corrected chi connectivity index (χ2v) is 2.14. The number of furan rings is 1. The first kappa shape index (κ1) is 10.2. The lowest BCUT2D eigenvalue weighted by Gasteiger charge is -2.03. The molecule has 14 heavy (non-hydrogen) atoms. The molecule has 0 spiro atoms. The van der Waals surface area contributed by atoms with Crippen molar-refractivity contribution >= 4 is 5.97 Å². The van der Waals surface area contributed by atoms with Gasteiger partial charge < -0.3 is 19.4 Å². The molecule has 1 heterocycles. The summed E-state index contributed by atoms with van der Waals surface area (Å²) in [5.74, 6) is -5.55. The third-order valence-corrected chi connectivity index (χ3v) is 1.13. The van der Waals surface area contributed by atoms with Crippen molar-refractivity contribution in [3.05, 3.63) is 6.26 Å². The molecule has 5 nitrogen and oxygen atoms in total. The van der Waals surface area contributed by atoms with Crippen LogP contribution in [0.25, 0.3) is 0 Å². The number of rotatable bonds is 1. The molecule has 0 aliphatic carbocycles. The molecule has 0 aliphatic heterocycles. The average Bonchev–Trinajstić information content (AvgIpc) is 2.34. The molecule has 0 saturated carbocycles. The van der Waals surface area contributed by atoms with Crippen molar-refractivity contribution in [3.63, 3.8) is 0 Å². The zero-order chi connectivity index (χ0) is 10.9. The third-order valence-electron chi connectivity index (χ3n) is 1.13. The van der Waals surface area contributed by atoms with Crippen LogP contribution in [0.4, 0.5) is 13.2 Å². The van der Waals surface area contributed by atoms with Gasteiger partial charge in [-0.3, -0.25) is 0 Å². The lowest BCUT2D eigenvalue weighted by atomic mass is 10.5. The van der Waals surface area contributed by atoms with Crippen LogP contribution < -0.4 is 4.74 Å². The van der Waals surface area contributed by atoms with E-state index in [2.05, 4.69) is 9.15 Å². The highest BCUT2D eigenvalue weighted by molar-refractivity contribution is 5.78. The van der Waals surface area contributed by atoms with E-state index in [0.717, 1.165) is 0 Å². The Morgan fingerprint density at radius 3 is 2.36 bits per heavy atom. The molecule has 1 aromatic rings. The molecule has 0 atom stereocenters. The number of hydrogen-bond donors (Lipinski definition) is 2. The Bertz CT molecular complexity index is 353. The van der Waals surface area contributed by atoms with E-state index in [1.54, 1.807) is 0 Å². The Morgan fingerprint density at radius 1 is 1.43 bits per heavy atom. The maximum absolute atomic E-state index is 11.6. The van der Waals surface area contributed by atoms with Crippen LogP contribution in [0.15, 0.2) is 10.7 Å². The lowest BCUT2D eigenvalue weighted by molar-refractivity contribution is -0.191. The molecule has 0 saturated heterocycles. The molecule has 0 aliphatic rings. The second-order valence-electron chi connectivity index (χ2n) is 2.14. The summed E-state index contributed by atoms with van der Waals surface area (Å²) < 4.78 is 42.5. The first-order chi connectivity index (χ1) is 6.32. The molecule has 0 amide bonds. The highest BCUT2D eigenvalue weighted by Gasteiger charge is 2.42. The number of carbonyl (C=O) groups excluding carboxylic acids is 1. The normalized spacial score (nSPS) is 11.4. The first-order valence-electron chi connectivity index (χ1n) is 3.11. The van der Waals surface area contributed by atoms with E-state index in [0.29, 0.717) is 6.26 Å². The quantitative estimate of drug-likeness (QED) is 0.682. The van der Waals surface area contributed by atoms with Crippen molar-refractivity contribution in [1.82, 2.24) is 0 Å². The minimum atomic E-state index is -5.20. The molecule has 2 N–H and O–H groups in total. The third kappa shape index (κ3) is 1.90. The van der Waals surface area contributed by atoms with E-state index in [1.165, 1.54) is 0 Å². The highest BCUT2D eigenvalue weighted by atomic mass is 19.4. The van der Waals surface area contributed by atoms with Gasteiger partial charge in [-0.05, 0) is 0 Å². The lowest BCUT2D eigenvalue weighted by Crippen LogP contribution is -2.27. The summed E-state index contributed by atoms with van der Waals surface area (Å²) >= 11 is 0. The van der Waals surface area contributed by atoms with Gasteiger partial charge in [-0.2, -0.15) is 13.2 Å². The van der Waals surface area contributed by atoms with E-state index < -0.39 is 29.6 Å². The van der Waals surface area contributed by atoms with E-state index in [-0.39, 0.29) is 0 Å². The van der Waals surface area contributed by atoms with E-state index in [9.17, 15) is 18.0 Å². The Morgan fingerprint density at radius 2 is 2.00 bits per heavy atom. The summed E-state index contributed by atoms with van der Waals surface area (Å²) in [5, 5.41) is 17.4. The van der Waals surface area contributed by atoms with Crippen LogP contribution in [-0.4, -0.2) is 22.4 Å². The van der Waals surface area contributed by atoms with Crippen molar-refractivity contribution in [1.29, 1.82) is 0 Å². The summed E-state index contributed by atoms with van der Waals surface area (Å²) in [6, 6.07) is 0. The van der Waals surface area contributed by atoms with Crippen LogP contribution in [-0.2, 0) is 4.79 Å². The molecule has 0 fully saturated rings. The fraction of sp³-hybridized carbons (Fsp3) is 0.167. The number of aromatic hydroxyl groups is 2. The average molecular weight is 212 g/mol.